The predicted octanol–water partition coefficient (Wildman–Crippen LogP) is 0.882. The summed E-state index contributed by atoms with van der Waals surface area (Å²) in [5, 5.41) is 12.3. The fourth-order valence-electron chi connectivity index (χ4n) is 2.63. The standard InChI is InChI=1S/C9H16N2O2/c12-8(13)11-6-2-4-9(11)3-1-5-10-7-9/h10H,1-7H2,(H,12,13). The average molecular weight is 184 g/mol. The maximum absolute atomic E-state index is 11.0. The van der Waals surface area contributed by atoms with E-state index in [0.717, 1.165) is 45.3 Å². The summed E-state index contributed by atoms with van der Waals surface area (Å²) in [6.07, 6.45) is 3.44. The highest BCUT2D eigenvalue weighted by Crippen LogP contribution is 2.34. The van der Waals surface area contributed by atoms with E-state index in [9.17, 15) is 4.79 Å². The Hall–Kier alpha value is -0.770. The van der Waals surface area contributed by atoms with Crippen LogP contribution in [0.4, 0.5) is 4.79 Å². The van der Waals surface area contributed by atoms with Crippen LogP contribution in [0.2, 0.25) is 0 Å². The topological polar surface area (TPSA) is 52.6 Å². The summed E-state index contributed by atoms with van der Waals surface area (Å²) in [4.78, 5) is 12.6. The van der Waals surface area contributed by atoms with Crippen LogP contribution in [0.1, 0.15) is 25.7 Å². The first-order valence-electron chi connectivity index (χ1n) is 4.96. The molecule has 0 aliphatic carbocycles. The number of carbonyl (C=O) groups is 1. The quantitative estimate of drug-likeness (QED) is 0.587. The Labute approximate surface area is 77.9 Å². The van der Waals surface area contributed by atoms with Crippen molar-refractivity contribution in [1.29, 1.82) is 0 Å². The SMILES string of the molecule is O=C(O)N1CCCC12CCCNC2. The van der Waals surface area contributed by atoms with E-state index in [1.807, 2.05) is 0 Å². The number of likely N-dealkylation sites (tertiary alicyclic amines) is 1. The van der Waals surface area contributed by atoms with Gasteiger partial charge in [0.15, 0.2) is 0 Å². The maximum atomic E-state index is 11.0. The highest BCUT2D eigenvalue weighted by atomic mass is 16.4. The third kappa shape index (κ3) is 1.39. The minimum atomic E-state index is -0.749. The van der Waals surface area contributed by atoms with Gasteiger partial charge >= 0.3 is 6.09 Å². The number of piperidine rings is 1. The lowest BCUT2D eigenvalue weighted by molar-refractivity contribution is 0.0864. The Kier molecular flexibility index (Phi) is 2.15. The number of nitrogens with one attached hydrogen (secondary N) is 1. The number of nitrogens with zero attached hydrogens (tertiary/aromatic N) is 1. The highest BCUT2D eigenvalue weighted by molar-refractivity contribution is 5.66. The van der Waals surface area contributed by atoms with Crippen LogP contribution in [0.3, 0.4) is 0 Å². The van der Waals surface area contributed by atoms with Crippen molar-refractivity contribution in [2.75, 3.05) is 19.6 Å². The van der Waals surface area contributed by atoms with Crippen molar-refractivity contribution in [1.82, 2.24) is 10.2 Å². The molecule has 1 unspecified atom stereocenters. The first-order chi connectivity index (χ1) is 6.25. The Balaban J connectivity index is 2.13. The number of rotatable bonds is 0. The van der Waals surface area contributed by atoms with Crippen molar-refractivity contribution in [2.45, 2.75) is 31.2 Å². The van der Waals surface area contributed by atoms with Crippen LogP contribution in [0, 0.1) is 0 Å². The van der Waals surface area contributed by atoms with Gasteiger partial charge in [0.1, 0.15) is 0 Å². The molecule has 0 aromatic carbocycles. The van der Waals surface area contributed by atoms with Crippen LogP contribution < -0.4 is 5.32 Å². The lowest BCUT2D eigenvalue weighted by Crippen LogP contribution is -2.55. The highest BCUT2D eigenvalue weighted by Gasteiger charge is 2.44. The van der Waals surface area contributed by atoms with Crippen LogP contribution >= 0.6 is 0 Å². The summed E-state index contributed by atoms with van der Waals surface area (Å²) in [6.45, 7) is 2.60. The number of hydrogen-bond acceptors (Lipinski definition) is 2. The number of amides is 1. The van der Waals surface area contributed by atoms with Crippen molar-refractivity contribution >= 4 is 6.09 Å². The van der Waals surface area contributed by atoms with E-state index >= 15 is 0 Å². The number of hydrogen-bond donors (Lipinski definition) is 2. The molecule has 1 amide bonds. The van der Waals surface area contributed by atoms with Crippen molar-refractivity contribution in [3.05, 3.63) is 0 Å². The van der Waals surface area contributed by atoms with E-state index in [1.54, 1.807) is 4.90 Å². The molecule has 0 radical (unpaired) electrons. The smallest absolute Gasteiger partial charge is 0.407 e. The van der Waals surface area contributed by atoms with Gasteiger partial charge in [-0.05, 0) is 32.2 Å². The Morgan fingerprint density at radius 3 is 2.77 bits per heavy atom. The fraction of sp³-hybridized carbons (Fsp3) is 0.889. The van der Waals surface area contributed by atoms with E-state index < -0.39 is 6.09 Å². The van der Waals surface area contributed by atoms with Crippen molar-refractivity contribution < 1.29 is 9.90 Å². The van der Waals surface area contributed by atoms with Crippen LogP contribution in [0.25, 0.3) is 0 Å². The molecule has 4 heteroatoms. The molecule has 13 heavy (non-hydrogen) atoms. The van der Waals surface area contributed by atoms with E-state index in [0.29, 0.717) is 0 Å². The molecule has 0 saturated carbocycles. The fourth-order valence-corrected chi connectivity index (χ4v) is 2.63. The summed E-state index contributed by atoms with van der Waals surface area (Å²) in [7, 11) is 0. The Morgan fingerprint density at radius 1 is 1.38 bits per heavy atom. The van der Waals surface area contributed by atoms with Gasteiger partial charge in [0.25, 0.3) is 0 Å². The minimum absolute atomic E-state index is 0.0654. The van der Waals surface area contributed by atoms with E-state index in [1.165, 1.54) is 0 Å². The molecule has 1 atom stereocenters. The van der Waals surface area contributed by atoms with Gasteiger partial charge in [-0.3, -0.25) is 0 Å². The van der Waals surface area contributed by atoms with Gasteiger partial charge in [-0.25, -0.2) is 4.79 Å². The lowest BCUT2D eigenvalue weighted by Gasteiger charge is -2.40. The molecule has 2 aliphatic rings. The van der Waals surface area contributed by atoms with E-state index in [-0.39, 0.29) is 5.54 Å². The van der Waals surface area contributed by atoms with Crippen LogP contribution in [0.15, 0.2) is 0 Å². The molecule has 2 N–H and O–H groups in total. The normalized spacial score (nSPS) is 34.0. The largest absolute Gasteiger partial charge is 0.465 e. The second kappa shape index (κ2) is 3.18. The average Bonchev–Trinajstić information content (AvgIpc) is 2.50. The van der Waals surface area contributed by atoms with Crippen molar-refractivity contribution in [3.63, 3.8) is 0 Å². The summed E-state index contributed by atoms with van der Waals surface area (Å²) in [6, 6.07) is 0. The second-order valence-electron chi connectivity index (χ2n) is 4.04. The van der Waals surface area contributed by atoms with Gasteiger partial charge in [0, 0.05) is 13.1 Å². The minimum Gasteiger partial charge on any atom is -0.465 e. The first-order valence-corrected chi connectivity index (χ1v) is 4.96. The van der Waals surface area contributed by atoms with Gasteiger partial charge in [-0.15, -0.1) is 0 Å². The molecular formula is C9H16N2O2. The third-order valence-corrected chi connectivity index (χ3v) is 3.28. The van der Waals surface area contributed by atoms with E-state index in [2.05, 4.69) is 5.32 Å². The molecule has 0 bridgehead atoms. The summed E-state index contributed by atoms with van der Waals surface area (Å²) >= 11 is 0. The Bertz CT molecular complexity index is 212. The predicted molar refractivity (Wildman–Crippen MR) is 48.8 cm³/mol. The maximum Gasteiger partial charge on any atom is 0.407 e. The van der Waals surface area contributed by atoms with E-state index in [4.69, 9.17) is 5.11 Å². The Morgan fingerprint density at radius 2 is 2.15 bits per heavy atom. The van der Waals surface area contributed by atoms with Crippen LogP contribution in [-0.2, 0) is 0 Å². The zero-order chi connectivity index (χ0) is 9.31. The monoisotopic (exact) mass is 184 g/mol. The molecule has 1 spiro atoms. The molecule has 2 aliphatic heterocycles. The van der Waals surface area contributed by atoms with Crippen LogP contribution in [-0.4, -0.2) is 41.3 Å². The zero-order valence-electron chi connectivity index (χ0n) is 7.75. The van der Waals surface area contributed by atoms with Crippen LogP contribution in [0.5, 0.6) is 0 Å². The van der Waals surface area contributed by atoms with Crippen molar-refractivity contribution in [2.24, 2.45) is 0 Å². The number of carboxylic acid groups (broad SMARTS) is 1. The molecule has 4 nitrogen and oxygen atoms in total. The van der Waals surface area contributed by atoms with Crippen molar-refractivity contribution in [3.8, 4) is 0 Å². The molecule has 2 fully saturated rings. The lowest BCUT2D eigenvalue weighted by atomic mass is 9.88. The first kappa shape index (κ1) is 8.81. The molecule has 0 aromatic heterocycles. The second-order valence-corrected chi connectivity index (χ2v) is 4.04. The molecule has 2 rings (SSSR count). The molecule has 74 valence electrons. The van der Waals surface area contributed by atoms with Gasteiger partial charge in [-0.1, -0.05) is 0 Å². The molecule has 2 heterocycles. The van der Waals surface area contributed by atoms with Gasteiger partial charge < -0.3 is 15.3 Å². The van der Waals surface area contributed by atoms with Gasteiger partial charge in [0.05, 0.1) is 5.54 Å². The van der Waals surface area contributed by atoms with Gasteiger partial charge in [-0.2, -0.15) is 0 Å². The molecular weight excluding hydrogens is 168 g/mol. The summed E-state index contributed by atoms with van der Waals surface area (Å²) in [5.74, 6) is 0. The summed E-state index contributed by atoms with van der Waals surface area (Å²) in [5.41, 5.74) is -0.0654. The van der Waals surface area contributed by atoms with Gasteiger partial charge in [0.2, 0.25) is 0 Å². The molecule has 0 aromatic rings. The summed E-state index contributed by atoms with van der Waals surface area (Å²) < 4.78 is 0. The third-order valence-electron chi connectivity index (χ3n) is 3.28. The molecule has 2 saturated heterocycles. The zero-order valence-corrected chi connectivity index (χ0v) is 7.75.